The first-order valence-electron chi connectivity index (χ1n) is 8.06. The summed E-state index contributed by atoms with van der Waals surface area (Å²) in [6.45, 7) is 1.48. The quantitative estimate of drug-likeness (QED) is 0.374. The van der Waals surface area contributed by atoms with E-state index in [0.29, 0.717) is 11.3 Å². The molecule has 27 heavy (non-hydrogen) atoms. The van der Waals surface area contributed by atoms with Crippen LogP contribution in [0.5, 0.6) is 11.5 Å². The number of phenols is 2. The van der Waals surface area contributed by atoms with E-state index in [0.717, 1.165) is 10.5 Å². The molecule has 1 heterocycles. The Morgan fingerprint density at radius 3 is 2.48 bits per heavy atom. The predicted octanol–water partition coefficient (Wildman–Crippen LogP) is 1.94. The molecule has 2 aromatic rings. The average molecular weight is 367 g/mol. The van der Waals surface area contributed by atoms with Crippen LogP contribution in [0.4, 0.5) is 10.5 Å². The van der Waals surface area contributed by atoms with E-state index in [1.54, 1.807) is 12.1 Å². The molecule has 1 aliphatic heterocycles. The smallest absolute Gasteiger partial charge is 0.329 e. The Bertz CT molecular complexity index is 950. The summed E-state index contributed by atoms with van der Waals surface area (Å²) in [6.07, 6.45) is 1.34. The van der Waals surface area contributed by atoms with Crippen molar-refractivity contribution in [2.45, 2.75) is 6.92 Å². The van der Waals surface area contributed by atoms with Gasteiger partial charge in [-0.2, -0.15) is 0 Å². The second-order valence-corrected chi connectivity index (χ2v) is 6.04. The lowest BCUT2D eigenvalue weighted by Crippen LogP contribution is -2.38. The first kappa shape index (κ1) is 18.0. The number of hydrogen-bond donors (Lipinski definition) is 4. The van der Waals surface area contributed by atoms with Crippen LogP contribution in [0.25, 0.3) is 6.08 Å². The lowest BCUT2D eigenvalue weighted by Gasteiger charge is -2.12. The minimum atomic E-state index is -0.715. The Hall–Kier alpha value is -3.81. The van der Waals surface area contributed by atoms with Gasteiger partial charge in [0.1, 0.15) is 12.2 Å². The van der Waals surface area contributed by atoms with Gasteiger partial charge < -0.3 is 20.8 Å². The van der Waals surface area contributed by atoms with E-state index < -0.39 is 24.4 Å². The normalized spacial score (nSPS) is 15.1. The molecule has 1 aliphatic rings. The SMILES string of the molecule is Cc1ccc(NC(=O)CN2C(=O)N/C(=C/c3ccc(O)c(O)c3)C2=O)cc1. The van der Waals surface area contributed by atoms with Crippen LogP contribution in [0.15, 0.2) is 48.2 Å². The van der Waals surface area contributed by atoms with Crippen molar-refractivity contribution in [2.75, 3.05) is 11.9 Å². The third-order valence-corrected chi connectivity index (χ3v) is 3.91. The van der Waals surface area contributed by atoms with E-state index in [2.05, 4.69) is 10.6 Å². The highest BCUT2D eigenvalue weighted by Crippen LogP contribution is 2.26. The minimum absolute atomic E-state index is 0.0341. The molecule has 0 unspecified atom stereocenters. The highest BCUT2D eigenvalue weighted by molar-refractivity contribution is 6.15. The number of aromatic hydroxyl groups is 2. The fourth-order valence-electron chi connectivity index (χ4n) is 2.49. The Morgan fingerprint density at radius 2 is 1.81 bits per heavy atom. The Morgan fingerprint density at radius 1 is 1.11 bits per heavy atom. The zero-order valence-corrected chi connectivity index (χ0v) is 14.4. The number of anilines is 1. The molecule has 0 aromatic heterocycles. The van der Waals surface area contributed by atoms with Crippen molar-refractivity contribution >= 4 is 29.6 Å². The van der Waals surface area contributed by atoms with Crippen LogP contribution in [0.2, 0.25) is 0 Å². The summed E-state index contributed by atoms with van der Waals surface area (Å²) in [7, 11) is 0. The molecule has 1 saturated heterocycles. The monoisotopic (exact) mass is 367 g/mol. The summed E-state index contributed by atoms with van der Waals surface area (Å²) < 4.78 is 0. The lowest BCUT2D eigenvalue weighted by molar-refractivity contribution is -0.127. The molecule has 138 valence electrons. The maximum absolute atomic E-state index is 12.4. The lowest BCUT2D eigenvalue weighted by atomic mass is 10.1. The van der Waals surface area contributed by atoms with Crippen LogP contribution in [0.1, 0.15) is 11.1 Å². The number of amides is 4. The Balaban J connectivity index is 1.70. The van der Waals surface area contributed by atoms with Crippen molar-refractivity contribution in [2.24, 2.45) is 0 Å². The molecular weight excluding hydrogens is 350 g/mol. The van der Waals surface area contributed by atoms with Gasteiger partial charge in [-0.1, -0.05) is 23.8 Å². The van der Waals surface area contributed by atoms with Crippen LogP contribution in [0.3, 0.4) is 0 Å². The molecule has 0 bridgehead atoms. The molecule has 3 rings (SSSR count). The van der Waals surface area contributed by atoms with Crippen molar-refractivity contribution in [1.29, 1.82) is 0 Å². The zero-order chi connectivity index (χ0) is 19.6. The molecular formula is C19H17N3O5. The summed E-state index contributed by atoms with van der Waals surface area (Å²) in [4.78, 5) is 37.3. The molecule has 4 amide bonds. The summed E-state index contributed by atoms with van der Waals surface area (Å²) in [5.41, 5.74) is 1.97. The van der Waals surface area contributed by atoms with Gasteiger partial charge in [0.05, 0.1) is 0 Å². The first-order valence-corrected chi connectivity index (χ1v) is 8.06. The number of nitrogens with zero attached hydrogens (tertiary/aromatic N) is 1. The summed E-state index contributed by atoms with van der Waals surface area (Å²) >= 11 is 0. The van der Waals surface area contributed by atoms with Gasteiger partial charge in [0.15, 0.2) is 11.5 Å². The number of hydrogen-bond acceptors (Lipinski definition) is 5. The second kappa shape index (κ2) is 7.20. The number of rotatable bonds is 4. The predicted molar refractivity (Wildman–Crippen MR) is 97.8 cm³/mol. The van der Waals surface area contributed by atoms with E-state index in [1.165, 1.54) is 24.3 Å². The van der Waals surface area contributed by atoms with Crippen molar-refractivity contribution < 1.29 is 24.6 Å². The molecule has 1 fully saturated rings. The number of urea groups is 1. The highest BCUT2D eigenvalue weighted by atomic mass is 16.3. The van der Waals surface area contributed by atoms with Gasteiger partial charge in [-0.05, 0) is 42.8 Å². The molecule has 0 saturated carbocycles. The van der Waals surface area contributed by atoms with Crippen molar-refractivity contribution in [3.63, 3.8) is 0 Å². The van der Waals surface area contributed by atoms with Gasteiger partial charge in [0.25, 0.3) is 5.91 Å². The molecule has 8 nitrogen and oxygen atoms in total. The van der Waals surface area contributed by atoms with Gasteiger partial charge >= 0.3 is 6.03 Å². The third kappa shape index (κ3) is 4.06. The van der Waals surface area contributed by atoms with Crippen LogP contribution in [0, 0.1) is 6.92 Å². The first-order chi connectivity index (χ1) is 12.8. The van der Waals surface area contributed by atoms with Gasteiger partial charge in [0, 0.05) is 5.69 Å². The van der Waals surface area contributed by atoms with Crippen molar-refractivity contribution in [1.82, 2.24) is 10.2 Å². The molecule has 8 heteroatoms. The van der Waals surface area contributed by atoms with Gasteiger partial charge in [-0.15, -0.1) is 0 Å². The van der Waals surface area contributed by atoms with Crippen molar-refractivity contribution in [3.8, 4) is 11.5 Å². The molecule has 0 aliphatic carbocycles. The average Bonchev–Trinajstić information content (AvgIpc) is 2.87. The van der Waals surface area contributed by atoms with Crippen molar-refractivity contribution in [3.05, 3.63) is 59.3 Å². The number of benzene rings is 2. The maximum atomic E-state index is 12.4. The molecule has 0 radical (unpaired) electrons. The van der Waals surface area contributed by atoms with Crippen LogP contribution >= 0.6 is 0 Å². The van der Waals surface area contributed by atoms with E-state index in [-0.39, 0.29) is 17.2 Å². The second-order valence-electron chi connectivity index (χ2n) is 6.04. The third-order valence-electron chi connectivity index (χ3n) is 3.91. The van der Waals surface area contributed by atoms with Crippen LogP contribution in [-0.4, -0.2) is 39.5 Å². The van der Waals surface area contributed by atoms with Gasteiger partial charge in [0.2, 0.25) is 5.91 Å². The number of nitrogens with one attached hydrogen (secondary N) is 2. The Labute approximate surface area is 154 Å². The van der Waals surface area contributed by atoms with E-state index in [4.69, 9.17) is 0 Å². The Kier molecular flexibility index (Phi) is 4.80. The van der Waals surface area contributed by atoms with Crippen LogP contribution < -0.4 is 10.6 Å². The topological polar surface area (TPSA) is 119 Å². The fourth-order valence-corrected chi connectivity index (χ4v) is 2.49. The highest BCUT2D eigenvalue weighted by Gasteiger charge is 2.34. The summed E-state index contributed by atoms with van der Waals surface area (Å²) in [6, 6.07) is 10.4. The van der Waals surface area contributed by atoms with E-state index in [1.807, 2.05) is 19.1 Å². The van der Waals surface area contributed by atoms with Gasteiger partial charge in [-0.25, -0.2) is 9.69 Å². The minimum Gasteiger partial charge on any atom is -0.504 e. The molecule has 0 spiro atoms. The van der Waals surface area contributed by atoms with E-state index in [9.17, 15) is 24.6 Å². The molecule has 0 atom stereocenters. The number of carbonyl (C=O) groups excluding carboxylic acids is 3. The van der Waals surface area contributed by atoms with Crippen LogP contribution in [-0.2, 0) is 9.59 Å². The fraction of sp³-hybridized carbons (Fsp3) is 0.105. The largest absolute Gasteiger partial charge is 0.504 e. The maximum Gasteiger partial charge on any atom is 0.329 e. The molecule has 2 aromatic carbocycles. The number of phenolic OH excluding ortho intramolecular Hbond substituents is 2. The standard InChI is InChI=1S/C19H17N3O5/c1-11-2-5-13(6-3-11)20-17(25)10-22-18(26)14(21-19(22)27)8-12-4-7-15(23)16(24)9-12/h2-9,23-24H,10H2,1H3,(H,20,25)(H,21,27)/b14-8+. The number of imide groups is 1. The summed E-state index contributed by atoms with van der Waals surface area (Å²) in [5.74, 6) is -1.82. The molecule has 4 N–H and O–H groups in total. The van der Waals surface area contributed by atoms with E-state index >= 15 is 0 Å². The summed E-state index contributed by atoms with van der Waals surface area (Å²) in [5, 5.41) is 23.8. The number of carbonyl (C=O) groups is 3. The van der Waals surface area contributed by atoms with Gasteiger partial charge in [-0.3, -0.25) is 9.59 Å². The zero-order valence-electron chi connectivity index (χ0n) is 14.4. The number of aryl methyl sites for hydroxylation is 1.